The summed E-state index contributed by atoms with van der Waals surface area (Å²) < 4.78 is 5.25. The summed E-state index contributed by atoms with van der Waals surface area (Å²) in [5, 5.41) is 12.5. The summed E-state index contributed by atoms with van der Waals surface area (Å²) in [5.74, 6) is 1.72. The molecule has 1 N–H and O–H groups in total. The van der Waals surface area contributed by atoms with Crippen LogP contribution in [0.3, 0.4) is 0 Å². The van der Waals surface area contributed by atoms with Crippen LogP contribution in [0.5, 0.6) is 0 Å². The summed E-state index contributed by atoms with van der Waals surface area (Å²) in [4.78, 5) is 16.4. The minimum atomic E-state index is 0.0938. The molecule has 29 heavy (non-hydrogen) atoms. The van der Waals surface area contributed by atoms with Gasteiger partial charge in [-0.15, -0.1) is 10.2 Å². The summed E-state index contributed by atoms with van der Waals surface area (Å²) in [6, 6.07) is 15.2. The second-order valence-electron chi connectivity index (χ2n) is 6.81. The Morgan fingerprint density at radius 2 is 1.86 bits per heavy atom. The third-order valence-corrected chi connectivity index (χ3v) is 5.24. The van der Waals surface area contributed by atoms with Crippen LogP contribution >= 0.6 is 11.6 Å². The van der Waals surface area contributed by atoms with Gasteiger partial charge in [-0.25, -0.2) is 0 Å². The zero-order valence-corrected chi connectivity index (χ0v) is 16.7. The Morgan fingerprint density at radius 3 is 2.55 bits per heavy atom. The lowest BCUT2D eigenvalue weighted by Gasteiger charge is -2.35. The van der Waals surface area contributed by atoms with Gasteiger partial charge in [-0.1, -0.05) is 29.8 Å². The fourth-order valence-electron chi connectivity index (χ4n) is 3.31. The first-order valence-electron chi connectivity index (χ1n) is 9.55. The SMILES string of the molecule is O=C(CNCc1ccco1)N1CCN(c2ccc(-c3ccccc3Cl)nn2)CC1. The van der Waals surface area contributed by atoms with E-state index in [1.54, 1.807) is 6.26 Å². The molecule has 1 aromatic carbocycles. The van der Waals surface area contributed by atoms with Crippen molar-refractivity contribution in [2.45, 2.75) is 6.54 Å². The number of nitrogens with one attached hydrogen (secondary N) is 1. The molecule has 1 aliphatic rings. The number of carbonyl (C=O) groups excluding carboxylic acids is 1. The summed E-state index contributed by atoms with van der Waals surface area (Å²) in [6.07, 6.45) is 1.63. The normalized spacial score (nSPS) is 14.2. The molecule has 0 unspecified atom stereocenters. The van der Waals surface area contributed by atoms with Gasteiger partial charge in [0, 0.05) is 31.7 Å². The Morgan fingerprint density at radius 1 is 1.03 bits per heavy atom. The number of hydrogen-bond acceptors (Lipinski definition) is 6. The van der Waals surface area contributed by atoms with Crippen molar-refractivity contribution in [3.8, 4) is 11.3 Å². The van der Waals surface area contributed by atoms with Crippen molar-refractivity contribution in [2.24, 2.45) is 0 Å². The van der Waals surface area contributed by atoms with Crippen molar-refractivity contribution in [1.29, 1.82) is 0 Å². The molecule has 0 spiro atoms. The molecule has 0 radical (unpaired) electrons. The van der Waals surface area contributed by atoms with E-state index in [2.05, 4.69) is 20.4 Å². The first-order chi connectivity index (χ1) is 14.2. The fraction of sp³-hybridized carbons (Fsp3) is 0.286. The first-order valence-corrected chi connectivity index (χ1v) is 9.93. The zero-order chi connectivity index (χ0) is 20.1. The third kappa shape index (κ3) is 4.75. The van der Waals surface area contributed by atoms with Crippen LogP contribution in [0.1, 0.15) is 5.76 Å². The smallest absolute Gasteiger partial charge is 0.236 e. The summed E-state index contributed by atoms with van der Waals surface area (Å²) >= 11 is 6.23. The number of amides is 1. The Labute approximate surface area is 174 Å². The highest BCUT2D eigenvalue weighted by molar-refractivity contribution is 6.33. The molecule has 0 atom stereocenters. The van der Waals surface area contributed by atoms with Gasteiger partial charge < -0.3 is 19.5 Å². The highest BCUT2D eigenvalue weighted by atomic mass is 35.5. The zero-order valence-electron chi connectivity index (χ0n) is 15.9. The molecule has 0 bridgehead atoms. The lowest BCUT2D eigenvalue weighted by molar-refractivity contribution is -0.130. The average molecular weight is 412 g/mol. The van der Waals surface area contributed by atoms with Crippen LogP contribution in [-0.4, -0.2) is 53.7 Å². The highest BCUT2D eigenvalue weighted by Gasteiger charge is 2.22. The molecular weight excluding hydrogens is 390 g/mol. The van der Waals surface area contributed by atoms with E-state index in [4.69, 9.17) is 16.0 Å². The molecule has 8 heteroatoms. The lowest BCUT2D eigenvalue weighted by atomic mass is 10.1. The van der Waals surface area contributed by atoms with Crippen LogP contribution in [0.4, 0.5) is 5.82 Å². The molecule has 3 heterocycles. The maximum absolute atomic E-state index is 12.4. The Kier molecular flexibility index (Phi) is 6.07. The first kappa shape index (κ1) is 19.4. The lowest BCUT2D eigenvalue weighted by Crippen LogP contribution is -2.51. The van der Waals surface area contributed by atoms with Gasteiger partial charge in [0.2, 0.25) is 5.91 Å². The molecule has 3 aromatic rings. The van der Waals surface area contributed by atoms with E-state index in [0.29, 0.717) is 31.2 Å². The quantitative estimate of drug-likeness (QED) is 0.672. The predicted octanol–water partition coefficient (Wildman–Crippen LogP) is 2.83. The number of furan rings is 1. The van der Waals surface area contributed by atoms with Crippen molar-refractivity contribution in [3.63, 3.8) is 0 Å². The van der Waals surface area contributed by atoms with Gasteiger partial charge in [-0.05, 0) is 30.3 Å². The standard InChI is InChI=1S/C21H22ClN5O2/c22-18-6-2-1-5-17(18)19-7-8-20(25-24-19)26-9-11-27(12-10-26)21(28)15-23-14-16-4-3-13-29-16/h1-8,13,23H,9-12,14-15H2. The number of hydrogen-bond donors (Lipinski definition) is 1. The minimum absolute atomic E-state index is 0.0938. The monoisotopic (exact) mass is 411 g/mol. The second kappa shape index (κ2) is 9.07. The van der Waals surface area contributed by atoms with Crippen molar-refractivity contribution in [2.75, 3.05) is 37.6 Å². The van der Waals surface area contributed by atoms with Crippen molar-refractivity contribution in [3.05, 3.63) is 65.6 Å². The molecule has 7 nitrogen and oxygen atoms in total. The van der Waals surface area contributed by atoms with E-state index in [1.165, 1.54) is 0 Å². The van der Waals surface area contributed by atoms with Crippen molar-refractivity contribution in [1.82, 2.24) is 20.4 Å². The van der Waals surface area contributed by atoms with E-state index in [0.717, 1.165) is 35.9 Å². The third-order valence-electron chi connectivity index (χ3n) is 4.91. The van der Waals surface area contributed by atoms with Gasteiger partial charge in [-0.2, -0.15) is 0 Å². The van der Waals surface area contributed by atoms with Crippen LogP contribution in [0.15, 0.2) is 59.2 Å². The number of halogens is 1. The summed E-state index contributed by atoms with van der Waals surface area (Å²) in [7, 11) is 0. The van der Waals surface area contributed by atoms with E-state index in [9.17, 15) is 4.79 Å². The Hall–Kier alpha value is -2.90. The molecule has 1 amide bonds. The van der Waals surface area contributed by atoms with Crippen molar-refractivity contribution >= 4 is 23.3 Å². The number of aromatic nitrogens is 2. The van der Waals surface area contributed by atoms with E-state index in [-0.39, 0.29) is 5.91 Å². The molecule has 0 saturated carbocycles. The number of benzene rings is 1. The molecule has 0 aliphatic carbocycles. The summed E-state index contributed by atoms with van der Waals surface area (Å²) in [6.45, 7) is 3.62. The van der Waals surface area contributed by atoms with E-state index >= 15 is 0 Å². The van der Waals surface area contributed by atoms with Gasteiger partial charge in [0.05, 0.1) is 30.1 Å². The largest absolute Gasteiger partial charge is 0.468 e. The minimum Gasteiger partial charge on any atom is -0.468 e. The van der Waals surface area contributed by atoms with Gasteiger partial charge in [-0.3, -0.25) is 4.79 Å². The molecule has 1 fully saturated rings. The molecular formula is C21H22ClN5O2. The van der Waals surface area contributed by atoms with E-state index < -0.39 is 0 Å². The van der Waals surface area contributed by atoms with Gasteiger partial charge in [0.25, 0.3) is 0 Å². The van der Waals surface area contributed by atoms with Crippen LogP contribution < -0.4 is 10.2 Å². The van der Waals surface area contributed by atoms with Crippen LogP contribution in [-0.2, 0) is 11.3 Å². The summed E-state index contributed by atoms with van der Waals surface area (Å²) in [5.41, 5.74) is 1.61. The van der Waals surface area contributed by atoms with Gasteiger partial charge >= 0.3 is 0 Å². The molecule has 1 saturated heterocycles. The van der Waals surface area contributed by atoms with Crippen LogP contribution in [0, 0.1) is 0 Å². The average Bonchev–Trinajstić information content (AvgIpc) is 3.28. The van der Waals surface area contributed by atoms with Crippen LogP contribution in [0.25, 0.3) is 11.3 Å². The Balaban J connectivity index is 1.28. The molecule has 150 valence electrons. The highest BCUT2D eigenvalue weighted by Crippen LogP contribution is 2.26. The van der Waals surface area contributed by atoms with Gasteiger partial charge in [0.15, 0.2) is 5.82 Å². The second-order valence-corrected chi connectivity index (χ2v) is 7.21. The Bertz CT molecular complexity index is 938. The number of piperazine rings is 1. The topological polar surface area (TPSA) is 74.5 Å². The number of rotatable bonds is 6. The molecule has 1 aliphatic heterocycles. The maximum Gasteiger partial charge on any atom is 0.236 e. The van der Waals surface area contributed by atoms with Crippen LogP contribution in [0.2, 0.25) is 5.02 Å². The van der Waals surface area contributed by atoms with E-state index in [1.807, 2.05) is 53.4 Å². The number of carbonyl (C=O) groups is 1. The number of nitrogens with zero attached hydrogens (tertiary/aromatic N) is 4. The van der Waals surface area contributed by atoms with Gasteiger partial charge in [0.1, 0.15) is 5.76 Å². The van der Waals surface area contributed by atoms with Crippen molar-refractivity contribution < 1.29 is 9.21 Å². The molecule has 2 aromatic heterocycles. The fourth-order valence-corrected chi connectivity index (χ4v) is 3.54. The molecule has 4 rings (SSSR count). The predicted molar refractivity (Wildman–Crippen MR) is 112 cm³/mol. The maximum atomic E-state index is 12.4. The number of anilines is 1.